The van der Waals surface area contributed by atoms with Crippen LogP contribution in [0.5, 0.6) is 0 Å². The number of halogens is 2. The number of hydrazine groups is 1. The minimum Gasteiger partial charge on any atom is -0.478 e. The van der Waals surface area contributed by atoms with Crippen LogP contribution in [0, 0.1) is 0 Å². The number of hydrogen-bond donors (Lipinski definition) is 2. The summed E-state index contributed by atoms with van der Waals surface area (Å²) in [5, 5.41) is 8.73. The first-order valence-corrected chi connectivity index (χ1v) is 3.97. The van der Waals surface area contributed by atoms with Gasteiger partial charge in [-0.15, -0.1) is 0 Å². The molecule has 13 heavy (non-hydrogen) atoms. The minimum absolute atomic E-state index is 0.0175. The van der Waals surface area contributed by atoms with Gasteiger partial charge in [-0.25, -0.2) is 15.2 Å². The number of nitrogens with two attached hydrogens (primary N) is 1. The fraction of sp³-hybridized carbons (Fsp3) is 0. The van der Waals surface area contributed by atoms with Gasteiger partial charge in [0.2, 0.25) is 0 Å². The fourth-order valence-electron chi connectivity index (χ4n) is 0.810. The van der Waals surface area contributed by atoms with Crippen molar-refractivity contribution in [2.75, 3.05) is 4.53 Å². The third kappa shape index (κ3) is 2.24. The van der Waals surface area contributed by atoms with Crippen LogP contribution in [0.3, 0.4) is 0 Å². The summed E-state index contributed by atoms with van der Waals surface area (Å²) in [6.45, 7) is 0. The van der Waals surface area contributed by atoms with Crippen LogP contribution in [0.4, 0.5) is 5.69 Å². The second-order valence-corrected chi connectivity index (χ2v) is 3.05. The maximum atomic E-state index is 10.5. The highest BCUT2D eigenvalue weighted by Crippen LogP contribution is 2.23. The maximum Gasteiger partial charge on any atom is 0.337 e. The van der Waals surface area contributed by atoms with Crippen LogP contribution in [0.2, 0.25) is 5.02 Å². The van der Waals surface area contributed by atoms with Gasteiger partial charge in [0, 0.05) is 11.8 Å². The van der Waals surface area contributed by atoms with Crippen LogP contribution in [0.1, 0.15) is 10.4 Å². The van der Waals surface area contributed by atoms with Crippen molar-refractivity contribution >= 4 is 35.0 Å². The molecule has 0 unspecified atom stereocenters. The topological polar surface area (TPSA) is 66.6 Å². The van der Waals surface area contributed by atoms with Crippen LogP contribution < -0.4 is 10.4 Å². The third-order valence-corrected chi connectivity index (χ3v) is 1.94. The van der Waals surface area contributed by atoms with E-state index in [1.807, 2.05) is 0 Å². The van der Waals surface area contributed by atoms with E-state index in [-0.39, 0.29) is 10.6 Å². The molecule has 0 aliphatic rings. The van der Waals surface area contributed by atoms with Gasteiger partial charge in [-0.3, -0.25) is 0 Å². The van der Waals surface area contributed by atoms with Crippen LogP contribution >= 0.6 is 23.4 Å². The second kappa shape index (κ2) is 3.83. The molecule has 0 heterocycles. The summed E-state index contributed by atoms with van der Waals surface area (Å²) >= 11 is 11.1. The second-order valence-electron chi connectivity index (χ2n) is 2.28. The summed E-state index contributed by atoms with van der Waals surface area (Å²) in [5.41, 5.74) is 0.445. The van der Waals surface area contributed by atoms with Crippen molar-refractivity contribution in [3.63, 3.8) is 0 Å². The molecule has 0 atom stereocenters. The van der Waals surface area contributed by atoms with Crippen LogP contribution in [0.15, 0.2) is 18.2 Å². The minimum atomic E-state index is -1.09. The lowest BCUT2D eigenvalue weighted by Crippen LogP contribution is -2.18. The first-order valence-electron chi connectivity index (χ1n) is 3.26. The lowest BCUT2D eigenvalue weighted by molar-refractivity contribution is 0.0697. The summed E-state index contributed by atoms with van der Waals surface area (Å²) in [4.78, 5) is 10.5. The normalized spacial score (nSPS) is 9.77. The van der Waals surface area contributed by atoms with Gasteiger partial charge in [0.15, 0.2) is 0 Å². The molecule has 1 aromatic rings. The number of anilines is 1. The first kappa shape index (κ1) is 10.1. The molecule has 0 aliphatic heterocycles. The van der Waals surface area contributed by atoms with Crippen molar-refractivity contribution in [1.82, 2.24) is 0 Å². The number of aromatic carboxylic acids is 1. The standard InChI is InChI=1S/C7H6Cl2N2O2/c8-6-3-4(11(9)10)1-2-5(6)7(12)13/h1-3H,10H2,(H,12,13). The van der Waals surface area contributed by atoms with Gasteiger partial charge < -0.3 is 5.11 Å². The van der Waals surface area contributed by atoms with Gasteiger partial charge >= 0.3 is 5.97 Å². The number of hydrogen-bond acceptors (Lipinski definition) is 3. The van der Waals surface area contributed by atoms with Crippen molar-refractivity contribution in [3.05, 3.63) is 28.8 Å². The van der Waals surface area contributed by atoms with Crippen LogP contribution in [0.25, 0.3) is 0 Å². The van der Waals surface area contributed by atoms with Crippen molar-refractivity contribution < 1.29 is 9.90 Å². The molecule has 70 valence electrons. The number of benzene rings is 1. The summed E-state index contributed by atoms with van der Waals surface area (Å²) in [6, 6.07) is 4.17. The Morgan fingerprint density at radius 3 is 2.54 bits per heavy atom. The number of nitrogens with zero attached hydrogens (tertiary/aromatic N) is 1. The predicted molar refractivity (Wildman–Crippen MR) is 50.9 cm³/mol. The molecule has 0 saturated heterocycles. The molecule has 0 fully saturated rings. The van der Waals surface area contributed by atoms with Gasteiger partial charge in [-0.05, 0) is 18.2 Å². The van der Waals surface area contributed by atoms with E-state index >= 15 is 0 Å². The van der Waals surface area contributed by atoms with Crippen molar-refractivity contribution in [2.45, 2.75) is 0 Å². The number of carboxylic acid groups (broad SMARTS) is 1. The lowest BCUT2D eigenvalue weighted by Gasteiger charge is -2.09. The molecule has 0 bridgehead atoms. The monoisotopic (exact) mass is 220 g/mol. The zero-order valence-corrected chi connectivity index (χ0v) is 7.88. The highest BCUT2D eigenvalue weighted by atomic mass is 35.5. The lowest BCUT2D eigenvalue weighted by atomic mass is 10.2. The zero-order chi connectivity index (χ0) is 10.0. The predicted octanol–water partition coefficient (Wildman–Crippen LogP) is 1.87. The molecule has 0 spiro atoms. The summed E-state index contributed by atoms with van der Waals surface area (Å²) in [6.07, 6.45) is 0. The molecule has 0 saturated carbocycles. The average molecular weight is 221 g/mol. The van der Waals surface area contributed by atoms with E-state index in [4.69, 9.17) is 34.3 Å². The van der Waals surface area contributed by atoms with E-state index in [0.717, 1.165) is 4.53 Å². The first-order chi connectivity index (χ1) is 6.02. The van der Waals surface area contributed by atoms with Gasteiger partial charge in [0.1, 0.15) is 0 Å². The third-order valence-electron chi connectivity index (χ3n) is 1.43. The maximum absolute atomic E-state index is 10.5. The molecule has 6 heteroatoms. The van der Waals surface area contributed by atoms with Gasteiger partial charge in [-0.1, -0.05) is 11.6 Å². The highest BCUT2D eigenvalue weighted by Gasteiger charge is 2.09. The number of carbonyl (C=O) groups is 1. The molecule has 0 aliphatic carbocycles. The summed E-state index contributed by atoms with van der Waals surface area (Å²) < 4.78 is 0.831. The van der Waals surface area contributed by atoms with E-state index in [1.54, 1.807) is 0 Å². The molecule has 0 aromatic heterocycles. The smallest absolute Gasteiger partial charge is 0.337 e. The van der Waals surface area contributed by atoms with Crippen molar-refractivity contribution in [1.29, 1.82) is 0 Å². The number of carboxylic acids is 1. The average Bonchev–Trinajstić information content (AvgIpc) is 2.03. The Labute approximate surface area is 84.5 Å². The Hall–Kier alpha value is -0.970. The molecular formula is C7H6Cl2N2O2. The van der Waals surface area contributed by atoms with E-state index in [2.05, 4.69) is 0 Å². The highest BCUT2D eigenvalue weighted by molar-refractivity contribution is 6.34. The van der Waals surface area contributed by atoms with Crippen molar-refractivity contribution in [2.24, 2.45) is 5.84 Å². The summed E-state index contributed by atoms with van der Waals surface area (Å²) in [7, 11) is 0. The molecule has 0 radical (unpaired) electrons. The van der Waals surface area contributed by atoms with Crippen LogP contribution in [-0.2, 0) is 0 Å². The molecule has 1 rings (SSSR count). The largest absolute Gasteiger partial charge is 0.478 e. The van der Waals surface area contributed by atoms with Gasteiger partial charge in [0.05, 0.1) is 16.3 Å². The number of rotatable bonds is 2. The molecular weight excluding hydrogens is 215 g/mol. The van der Waals surface area contributed by atoms with Gasteiger partial charge in [0.25, 0.3) is 0 Å². The Kier molecular flexibility index (Phi) is 2.98. The Bertz CT molecular complexity index is 341. The van der Waals surface area contributed by atoms with Gasteiger partial charge in [-0.2, -0.15) is 0 Å². The van der Waals surface area contributed by atoms with Crippen LogP contribution in [-0.4, -0.2) is 11.1 Å². The zero-order valence-electron chi connectivity index (χ0n) is 6.37. The summed E-state index contributed by atoms with van der Waals surface area (Å²) in [5.74, 6) is 4.11. The van der Waals surface area contributed by atoms with E-state index in [1.165, 1.54) is 18.2 Å². The molecule has 1 aromatic carbocycles. The molecule has 0 amide bonds. The van der Waals surface area contributed by atoms with E-state index in [9.17, 15) is 4.79 Å². The Morgan fingerprint density at radius 2 is 2.15 bits per heavy atom. The van der Waals surface area contributed by atoms with E-state index < -0.39 is 5.97 Å². The fourth-order valence-corrected chi connectivity index (χ4v) is 1.17. The SMILES string of the molecule is NN(Cl)c1ccc(C(=O)O)c(Cl)c1. The Morgan fingerprint density at radius 1 is 1.54 bits per heavy atom. The quantitative estimate of drug-likeness (QED) is 0.454. The molecule has 4 nitrogen and oxygen atoms in total. The molecule has 3 N–H and O–H groups in total. The van der Waals surface area contributed by atoms with E-state index in [0.29, 0.717) is 5.69 Å². The van der Waals surface area contributed by atoms with Crippen molar-refractivity contribution in [3.8, 4) is 0 Å². The Balaban J connectivity index is 3.13.